The quantitative estimate of drug-likeness (QED) is 0.622. The lowest BCUT2D eigenvalue weighted by Gasteiger charge is -2.37. The van der Waals surface area contributed by atoms with Gasteiger partial charge in [-0.3, -0.25) is 0 Å². The second-order valence-electron chi connectivity index (χ2n) is 7.01. The zero-order valence-corrected chi connectivity index (χ0v) is 16.4. The van der Waals surface area contributed by atoms with Crippen molar-refractivity contribution in [3.05, 3.63) is 41.8 Å². The van der Waals surface area contributed by atoms with E-state index in [0.29, 0.717) is 18.2 Å². The van der Waals surface area contributed by atoms with Gasteiger partial charge in [-0.2, -0.15) is 0 Å². The maximum absolute atomic E-state index is 10.1. The van der Waals surface area contributed by atoms with Crippen molar-refractivity contribution in [2.24, 2.45) is 4.99 Å². The Morgan fingerprint density at radius 2 is 2.00 bits per heavy atom. The molecule has 2 N–H and O–H groups in total. The number of rotatable bonds is 5. The van der Waals surface area contributed by atoms with Gasteiger partial charge in [0.2, 0.25) is 0 Å². The molecule has 7 nitrogen and oxygen atoms in total. The van der Waals surface area contributed by atoms with Crippen LogP contribution in [0.1, 0.15) is 38.1 Å². The van der Waals surface area contributed by atoms with Gasteiger partial charge in [0.1, 0.15) is 12.3 Å². The van der Waals surface area contributed by atoms with Gasteiger partial charge < -0.3 is 24.7 Å². The number of para-hydroxylation sites is 2. The summed E-state index contributed by atoms with van der Waals surface area (Å²) >= 11 is 0. The summed E-state index contributed by atoms with van der Waals surface area (Å²) in [6.45, 7) is 10.9. The van der Waals surface area contributed by atoms with Crippen molar-refractivity contribution in [1.29, 1.82) is 0 Å². The van der Waals surface area contributed by atoms with Crippen LogP contribution in [0.2, 0.25) is 0 Å². The van der Waals surface area contributed by atoms with Gasteiger partial charge in [0, 0.05) is 38.8 Å². The van der Waals surface area contributed by atoms with Gasteiger partial charge in [-0.05, 0) is 25.0 Å². The SMILES string of the molecule is CCNC(=NCc1cc(C(C)C)no1)N1CCN(c2ccccc2O)CC1. The number of nitrogens with zero attached hydrogens (tertiary/aromatic N) is 4. The average Bonchev–Trinajstić information content (AvgIpc) is 3.15. The monoisotopic (exact) mass is 371 g/mol. The van der Waals surface area contributed by atoms with Crippen LogP contribution in [0.4, 0.5) is 5.69 Å². The van der Waals surface area contributed by atoms with Gasteiger partial charge >= 0.3 is 0 Å². The van der Waals surface area contributed by atoms with Crippen molar-refractivity contribution >= 4 is 11.6 Å². The van der Waals surface area contributed by atoms with Crippen LogP contribution in [0, 0.1) is 0 Å². The van der Waals surface area contributed by atoms with Gasteiger partial charge in [0.25, 0.3) is 0 Å². The van der Waals surface area contributed by atoms with Crippen LogP contribution in [0.3, 0.4) is 0 Å². The van der Waals surface area contributed by atoms with Crippen LogP contribution in [-0.2, 0) is 6.54 Å². The molecule has 0 saturated carbocycles. The highest BCUT2D eigenvalue weighted by molar-refractivity contribution is 5.80. The number of aromatic hydroxyl groups is 1. The number of phenols is 1. The average molecular weight is 371 g/mol. The van der Waals surface area contributed by atoms with Gasteiger partial charge in [0.05, 0.1) is 11.4 Å². The van der Waals surface area contributed by atoms with E-state index in [9.17, 15) is 5.11 Å². The Hall–Kier alpha value is -2.70. The molecule has 1 aromatic heterocycles. The molecule has 0 spiro atoms. The first-order valence-electron chi connectivity index (χ1n) is 9.60. The standard InChI is InChI=1S/C20H29N5O2/c1-4-21-20(22-14-16-13-17(15(2)3)23-27-16)25-11-9-24(10-12-25)18-7-5-6-8-19(18)26/h5-8,13,15,26H,4,9-12,14H2,1-3H3,(H,21,22). The molecule has 3 rings (SSSR count). The summed E-state index contributed by atoms with van der Waals surface area (Å²) in [4.78, 5) is 9.18. The van der Waals surface area contributed by atoms with E-state index in [1.165, 1.54) is 0 Å². The molecule has 1 saturated heterocycles. The zero-order chi connectivity index (χ0) is 19.2. The Bertz CT molecular complexity index is 763. The number of guanidine groups is 1. The number of anilines is 1. The summed E-state index contributed by atoms with van der Waals surface area (Å²) in [6.07, 6.45) is 0. The fourth-order valence-corrected chi connectivity index (χ4v) is 3.14. The number of piperazine rings is 1. The second kappa shape index (κ2) is 8.79. The molecular weight excluding hydrogens is 342 g/mol. The third-order valence-corrected chi connectivity index (χ3v) is 4.69. The van der Waals surface area contributed by atoms with Gasteiger partial charge in [-0.15, -0.1) is 0 Å². The molecule has 27 heavy (non-hydrogen) atoms. The Balaban J connectivity index is 1.63. The van der Waals surface area contributed by atoms with Gasteiger partial charge in [-0.1, -0.05) is 31.1 Å². The van der Waals surface area contributed by atoms with E-state index in [-0.39, 0.29) is 0 Å². The van der Waals surface area contributed by atoms with Crippen molar-refractivity contribution in [2.75, 3.05) is 37.6 Å². The van der Waals surface area contributed by atoms with Gasteiger partial charge in [-0.25, -0.2) is 4.99 Å². The molecule has 2 heterocycles. The molecule has 0 bridgehead atoms. The molecule has 0 radical (unpaired) electrons. The molecule has 2 aromatic rings. The topological polar surface area (TPSA) is 77.1 Å². The molecule has 1 aliphatic heterocycles. The Morgan fingerprint density at radius 1 is 1.26 bits per heavy atom. The first kappa shape index (κ1) is 19.1. The zero-order valence-electron chi connectivity index (χ0n) is 16.4. The predicted molar refractivity (Wildman–Crippen MR) is 107 cm³/mol. The summed E-state index contributed by atoms with van der Waals surface area (Å²) in [5.41, 5.74) is 1.85. The number of benzene rings is 1. The van der Waals surface area contributed by atoms with Crippen molar-refractivity contribution in [3.63, 3.8) is 0 Å². The third-order valence-electron chi connectivity index (χ3n) is 4.69. The Labute approximate surface area is 160 Å². The highest BCUT2D eigenvalue weighted by Crippen LogP contribution is 2.27. The number of phenolic OH excluding ortho intramolecular Hbond substituents is 1. The molecule has 146 valence electrons. The largest absolute Gasteiger partial charge is 0.506 e. The summed E-state index contributed by atoms with van der Waals surface area (Å²) < 4.78 is 5.39. The third kappa shape index (κ3) is 4.72. The molecule has 1 aromatic carbocycles. The minimum Gasteiger partial charge on any atom is -0.506 e. The second-order valence-corrected chi connectivity index (χ2v) is 7.01. The van der Waals surface area contributed by atoms with E-state index in [4.69, 9.17) is 9.52 Å². The van der Waals surface area contributed by atoms with Crippen LogP contribution in [0.5, 0.6) is 5.75 Å². The molecule has 0 aliphatic carbocycles. The number of aromatic nitrogens is 1. The molecule has 0 unspecified atom stereocenters. The summed E-state index contributed by atoms with van der Waals surface area (Å²) in [5, 5.41) is 17.5. The van der Waals surface area contributed by atoms with E-state index < -0.39 is 0 Å². The van der Waals surface area contributed by atoms with Crippen molar-refractivity contribution in [2.45, 2.75) is 33.2 Å². The van der Waals surface area contributed by atoms with Crippen LogP contribution in [0.25, 0.3) is 0 Å². The normalized spacial score (nSPS) is 15.5. The van der Waals surface area contributed by atoms with E-state index in [0.717, 1.165) is 55.8 Å². The number of hydrogen-bond donors (Lipinski definition) is 2. The summed E-state index contributed by atoms with van der Waals surface area (Å²) in [5.74, 6) is 2.35. The molecule has 0 amide bonds. The lowest BCUT2D eigenvalue weighted by Crippen LogP contribution is -2.52. The van der Waals surface area contributed by atoms with E-state index >= 15 is 0 Å². The minimum absolute atomic E-state index is 0.331. The number of hydrogen-bond acceptors (Lipinski definition) is 5. The minimum atomic E-state index is 0.331. The van der Waals surface area contributed by atoms with Crippen LogP contribution >= 0.6 is 0 Å². The van der Waals surface area contributed by atoms with Crippen LogP contribution in [0.15, 0.2) is 39.8 Å². The lowest BCUT2D eigenvalue weighted by molar-refractivity contribution is 0.362. The van der Waals surface area contributed by atoms with Gasteiger partial charge in [0.15, 0.2) is 11.7 Å². The summed E-state index contributed by atoms with van der Waals surface area (Å²) in [7, 11) is 0. The maximum Gasteiger partial charge on any atom is 0.194 e. The number of aliphatic imine (C=N–C) groups is 1. The van der Waals surface area contributed by atoms with E-state index in [2.05, 4.69) is 41.0 Å². The maximum atomic E-state index is 10.1. The summed E-state index contributed by atoms with van der Waals surface area (Å²) in [6, 6.07) is 9.47. The fraction of sp³-hybridized carbons (Fsp3) is 0.500. The molecule has 0 atom stereocenters. The van der Waals surface area contributed by atoms with E-state index in [1.807, 2.05) is 24.3 Å². The van der Waals surface area contributed by atoms with E-state index in [1.54, 1.807) is 6.07 Å². The first-order valence-corrected chi connectivity index (χ1v) is 9.60. The molecule has 1 fully saturated rings. The Kier molecular flexibility index (Phi) is 6.21. The lowest BCUT2D eigenvalue weighted by atomic mass is 10.1. The van der Waals surface area contributed by atoms with Crippen molar-refractivity contribution in [3.8, 4) is 5.75 Å². The first-order chi connectivity index (χ1) is 13.1. The molecule has 1 aliphatic rings. The number of nitrogens with one attached hydrogen (secondary N) is 1. The van der Waals surface area contributed by atoms with Crippen molar-refractivity contribution in [1.82, 2.24) is 15.4 Å². The molecule has 7 heteroatoms. The smallest absolute Gasteiger partial charge is 0.194 e. The highest BCUT2D eigenvalue weighted by Gasteiger charge is 2.21. The van der Waals surface area contributed by atoms with Crippen molar-refractivity contribution < 1.29 is 9.63 Å². The predicted octanol–water partition coefficient (Wildman–Crippen LogP) is 2.79. The van der Waals surface area contributed by atoms with Crippen LogP contribution < -0.4 is 10.2 Å². The molecular formula is C20H29N5O2. The highest BCUT2D eigenvalue weighted by atomic mass is 16.5. The fourth-order valence-electron chi connectivity index (χ4n) is 3.14. The van der Waals surface area contributed by atoms with Crippen LogP contribution in [-0.4, -0.2) is 53.8 Å². The Morgan fingerprint density at radius 3 is 2.63 bits per heavy atom.